The molecule has 10 heteroatoms. The summed E-state index contributed by atoms with van der Waals surface area (Å²) in [7, 11) is 1.37. The fourth-order valence-electron chi connectivity index (χ4n) is 5.33. The molecule has 0 fully saturated rings. The van der Waals surface area contributed by atoms with Crippen LogP contribution < -0.4 is 0 Å². The molecule has 1 N–H and O–H groups in total. The minimum atomic E-state index is -4.42. The molecule has 0 spiro atoms. The molecule has 0 aromatic rings. The summed E-state index contributed by atoms with van der Waals surface area (Å²) in [5, 5.41) is 0. The number of unbranched alkanes of at least 4 members (excludes halogenated alkanes) is 6. The van der Waals surface area contributed by atoms with Gasteiger partial charge in [0.05, 0.1) is 27.7 Å². The quantitative estimate of drug-likeness (QED) is 0.0213. The Morgan fingerprint density at radius 3 is 1.23 bits per heavy atom. The van der Waals surface area contributed by atoms with Crippen molar-refractivity contribution in [3.05, 3.63) is 122 Å². The van der Waals surface area contributed by atoms with E-state index in [-0.39, 0.29) is 26.1 Å². The van der Waals surface area contributed by atoms with Gasteiger partial charge in [0.2, 0.25) is 0 Å². The first kappa shape index (κ1) is 58.4. The zero-order valence-electron chi connectivity index (χ0n) is 39.3. The van der Waals surface area contributed by atoms with Gasteiger partial charge in [-0.1, -0.05) is 161 Å². The summed E-state index contributed by atoms with van der Waals surface area (Å²) >= 11 is 0. The Morgan fingerprint density at radius 2 is 0.855 bits per heavy atom. The number of phosphoric ester groups is 1. The van der Waals surface area contributed by atoms with Gasteiger partial charge in [-0.25, -0.2) is 4.57 Å². The van der Waals surface area contributed by atoms with Crippen molar-refractivity contribution in [3.8, 4) is 0 Å². The van der Waals surface area contributed by atoms with Crippen LogP contribution in [0.2, 0.25) is 0 Å². The maximum atomic E-state index is 12.7. The number of carbonyl (C=O) groups is 2. The molecule has 0 aromatic heterocycles. The number of phosphoric acid groups is 1. The van der Waals surface area contributed by atoms with Crippen LogP contribution in [0.15, 0.2) is 122 Å². The van der Waals surface area contributed by atoms with Crippen LogP contribution in [-0.2, 0) is 32.7 Å². The summed E-state index contributed by atoms with van der Waals surface area (Å²) in [4.78, 5) is 35.4. The second-order valence-corrected chi connectivity index (χ2v) is 17.5. The maximum Gasteiger partial charge on any atom is 0.472 e. The number of likely N-dealkylation sites (N-methyl/N-ethyl adjacent to an activating group) is 1. The van der Waals surface area contributed by atoms with E-state index in [1.807, 2.05) is 45.4 Å². The second-order valence-electron chi connectivity index (χ2n) is 16.1. The molecule has 0 heterocycles. The highest BCUT2D eigenvalue weighted by Crippen LogP contribution is 2.43. The molecular weight excluding hydrogens is 798 g/mol. The molecule has 0 saturated heterocycles. The monoisotopic (exact) mass is 883 g/mol. The largest absolute Gasteiger partial charge is 0.472 e. The van der Waals surface area contributed by atoms with Gasteiger partial charge in [0, 0.05) is 12.8 Å². The van der Waals surface area contributed by atoms with Crippen LogP contribution in [0.5, 0.6) is 0 Å². The maximum absolute atomic E-state index is 12.7. The SMILES string of the molecule is CCCCC/C=C/C/C=C/C/C=C/C/C=C/C/C=C/CCC(=O)OC[C@H](COP(=O)(O)OCC[N+](C)(C)C)OC(=O)CC/C=C/C/C=C/C/C=C/C/C=C/C/C=C/CCCCC. The molecule has 62 heavy (non-hydrogen) atoms. The second kappa shape index (κ2) is 42.7. The van der Waals surface area contributed by atoms with Crippen molar-refractivity contribution in [3.63, 3.8) is 0 Å². The molecule has 2 atom stereocenters. The Bertz CT molecular complexity index is 1460. The predicted octanol–water partition coefficient (Wildman–Crippen LogP) is 13.7. The molecule has 0 rings (SSSR count). The number of ether oxygens (including phenoxy) is 2. The molecule has 0 radical (unpaired) electrons. The lowest BCUT2D eigenvalue weighted by molar-refractivity contribution is -0.870. The fraction of sp³-hybridized carbons (Fsp3) is 0.577. The molecule has 0 saturated carbocycles. The molecule has 0 aliphatic heterocycles. The lowest BCUT2D eigenvalue weighted by Crippen LogP contribution is -2.37. The predicted molar refractivity (Wildman–Crippen MR) is 261 cm³/mol. The molecule has 0 aromatic carbocycles. The molecule has 0 bridgehead atoms. The van der Waals surface area contributed by atoms with E-state index >= 15 is 0 Å². The average Bonchev–Trinajstić information content (AvgIpc) is 3.23. The summed E-state index contributed by atoms with van der Waals surface area (Å²) in [5.41, 5.74) is 0. The molecule has 350 valence electrons. The van der Waals surface area contributed by atoms with E-state index in [1.165, 1.54) is 51.4 Å². The zero-order chi connectivity index (χ0) is 45.7. The molecule has 0 aliphatic carbocycles. The van der Waals surface area contributed by atoms with Gasteiger partial charge in [-0.3, -0.25) is 18.6 Å². The Balaban J connectivity index is 4.60. The van der Waals surface area contributed by atoms with E-state index in [0.29, 0.717) is 23.9 Å². The molecule has 9 nitrogen and oxygen atoms in total. The Kier molecular flexibility index (Phi) is 40.2. The molecule has 0 aliphatic rings. The van der Waals surface area contributed by atoms with Gasteiger partial charge in [0.1, 0.15) is 19.8 Å². The van der Waals surface area contributed by atoms with Crippen LogP contribution in [0.1, 0.15) is 142 Å². The number of allylic oxidation sites excluding steroid dienone is 20. The van der Waals surface area contributed by atoms with Crippen molar-refractivity contribution in [2.24, 2.45) is 0 Å². The summed E-state index contributed by atoms with van der Waals surface area (Å²) in [6.45, 7) is 4.16. The molecular formula is C52H85NO8P+. The Hall–Kier alpha value is -3.59. The van der Waals surface area contributed by atoms with E-state index in [0.717, 1.165) is 51.4 Å². The van der Waals surface area contributed by atoms with E-state index in [1.54, 1.807) is 0 Å². The summed E-state index contributed by atoms with van der Waals surface area (Å²) in [6.07, 6.45) is 59.9. The summed E-state index contributed by atoms with van der Waals surface area (Å²) in [6, 6.07) is 0. The minimum Gasteiger partial charge on any atom is -0.462 e. The van der Waals surface area contributed by atoms with Crippen LogP contribution in [0, 0.1) is 0 Å². The Labute approximate surface area is 378 Å². The topological polar surface area (TPSA) is 108 Å². The van der Waals surface area contributed by atoms with Crippen molar-refractivity contribution in [1.29, 1.82) is 0 Å². The number of hydrogen-bond donors (Lipinski definition) is 1. The van der Waals surface area contributed by atoms with Gasteiger partial charge in [0.25, 0.3) is 0 Å². The van der Waals surface area contributed by atoms with Gasteiger partial charge in [-0.2, -0.15) is 0 Å². The van der Waals surface area contributed by atoms with Gasteiger partial charge in [0.15, 0.2) is 6.10 Å². The van der Waals surface area contributed by atoms with Crippen LogP contribution in [-0.4, -0.2) is 74.9 Å². The summed E-state index contributed by atoms with van der Waals surface area (Å²) in [5.74, 6) is -1.00. The number of quaternary nitrogens is 1. The smallest absolute Gasteiger partial charge is 0.462 e. The van der Waals surface area contributed by atoms with Crippen molar-refractivity contribution in [1.82, 2.24) is 0 Å². The highest BCUT2D eigenvalue weighted by molar-refractivity contribution is 7.47. The van der Waals surface area contributed by atoms with Crippen molar-refractivity contribution < 1.29 is 42.1 Å². The van der Waals surface area contributed by atoms with Crippen LogP contribution in [0.3, 0.4) is 0 Å². The van der Waals surface area contributed by atoms with Crippen LogP contribution in [0.25, 0.3) is 0 Å². The van der Waals surface area contributed by atoms with Crippen LogP contribution in [0.4, 0.5) is 0 Å². The van der Waals surface area contributed by atoms with Crippen molar-refractivity contribution in [2.45, 2.75) is 148 Å². The minimum absolute atomic E-state index is 0.0000434. The highest BCUT2D eigenvalue weighted by atomic mass is 31.2. The molecule has 0 amide bonds. The van der Waals surface area contributed by atoms with Gasteiger partial charge >= 0.3 is 19.8 Å². The van der Waals surface area contributed by atoms with E-state index in [2.05, 4.69) is 111 Å². The third kappa shape index (κ3) is 45.9. The first-order valence-electron chi connectivity index (χ1n) is 23.3. The van der Waals surface area contributed by atoms with Gasteiger partial charge in [-0.05, 0) is 89.9 Å². The zero-order valence-corrected chi connectivity index (χ0v) is 40.2. The van der Waals surface area contributed by atoms with E-state index in [9.17, 15) is 19.0 Å². The standard InChI is InChI=1S/C52H84NO8P/c1-6-8-10-12-14-16-18-20-22-24-26-28-30-32-34-36-38-40-42-44-51(54)58-48-50(49-60-62(56,57)59-47-46-53(3,4)5)61-52(55)45-43-41-39-37-35-33-31-29-27-25-23-21-19-17-15-13-11-9-7-2/h14-17,20-23,26-29,32-35,38-41,50H,6-13,18-19,24-25,30-31,36-37,42-49H2,1-5H3/p+1/b16-14+,17-15+,22-20+,23-21+,28-26+,29-27+,34-32+,35-33+,40-38+,41-39+/t50-/m1/s1. The summed E-state index contributed by atoms with van der Waals surface area (Å²) < 4.78 is 34.1. The van der Waals surface area contributed by atoms with E-state index in [4.69, 9.17) is 18.5 Å². The number of esters is 2. The van der Waals surface area contributed by atoms with Crippen LogP contribution >= 0.6 is 7.82 Å². The number of carbonyl (C=O) groups excluding carboxylic acids is 2. The third-order valence-electron chi connectivity index (χ3n) is 8.99. The first-order chi connectivity index (χ1) is 30.0. The fourth-order valence-corrected chi connectivity index (χ4v) is 6.07. The third-order valence-corrected chi connectivity index (χ3v) is 9.98. The lowest BCUT2D eigenvalue weighted by atomic mass is 10.2. The normalized spacial score (nSPS) is 14.6. The highest BCUT2D eigenvalue weighted by Gasteiger charge is 2.27. The van der Waals surface area contributed by atoms with Crippen molar-refractivity contribution in [2.75, 3.05) is 47.5 Å². The van der Waals surface area contributed by atoms with E-state index < -0.39 is 32.5 Å². The molecule has 1 unspecified atom stereocenters. The number of nitrogens with zero attached hydrogens (tertiary/aromatic N) is 1. The number of hydrogen-bond acceptors (Lipinski definition) is 7. The number of rotatable bonds is 40. The average molecular weight is 883 g/mol. The van der Waals surface area contributed by atoms with Gasteiger partial charge < -0.3 is 18.9 Å². The lowest BCUT2D eigenvalue weighted by Gasteiger charge is -2.24. The first-order valence-corrected chi connectivity index (χ1v) is 24.8. The Morgan fingerprint density at radius 1 is 0.500 bits per heavy atom. The van der Waals surface area contributed by atoms with Crippen molar-refractivity contribution >= 4 is 19.8 Å². The van der Waals surface area contributed by atoms with Gasteiger partial charge in [-0.15, -0.1) is 0 Å².